The summed E-state index contributed by atoms with van der Waals surface area (Å²) in [6.45, 7) is 2.32. The van der Waals surface area contributed by atoms with Crippen molar-refractivity contribution >= 4 is 17.7 Å². The highest BCUT2D eigenvalue weighted by Gasteiger charge is 2.35. The second kappa shape index (κ2) is 15.1. The van der Waals surface area contributed by atoms with Crippen LogP contribution in [0.2, 0.25) is 0 Å². The fraction of sp³-hybridized carbons (Fsp3) is 0.952. The standard InChI is InChI=1S/C21H40O2S/c1-3-19-20(24-19)17-15-13-11-9-7-5-4-6-8-10-12-14-16-18-21(22)23-2/h19-20H,3-18H2,1-2H3. The molecule has 3 heteroatoms. The fourth-order valence-corrected chi connectivity index (χ4v) is 4.64. The van der Waals surface area contributed by atoms with E-state index in [4.69, 9.17) is 0 Å². The zero-order valence-corrected chi connectivity index (χ0v) is 17.0. The lowest BCUT2D eigenvalue weighted by molar-refractivity contribution is -0.140. The number of thioether (sulfide) groups is 1. The van der Waals surface area contributed by atoms with Crippen LogP contribution in [0, 0.1) is 0 Å². The van der Waals surface area contributed by atoms with Crippen LogP contribution in [0.3, 0.4) is 0 Å². The van der Waals surface area contributed by atoms with Crippen LogP contribution >= 0.6 is 11.8 Å². The maximum Gasteiger partial charge on any atom is 0.305 e. The predicted molar refractivity (Wildman–Crippen MR) is 107 cm³/mol. The number of rotatable bonds is 17. The van der Waals surface area contributed by atoms with Crippen molar-refractivity contribution < 1.29 is 9.53 Å². The Morgan fingerprint density at radius 1 is 0.750 bits per heavy atom. The Labute approximate surface area is 154 Å². The van der Waals surface area contributed by atoms with Crippen LogP contribution in [0.4, 0.5) is 0 Å². The first-order chi connectivity index (χ1) is 11.8. The van der Waals surface area contributed by atoms with Crippen molar-refractivity contribution in [1.29, 1.82) is 0 Å². The molecule has 1 aliphatic rings. The second-order valence-corrected chi connectivity index (χ2v) is 8.82. The summed E-state index contributed by atoms with van der Waals surface area (Å²) >= 11 is 2.20. The van der Waals surface area contributed by atoms with E-state index < -0.39 is 0 Å². The number of carbonyl (C=O) groups is 1. The summed E-state index contributed by atoms with van der Waals surface area (Å²) in [6, 6.07) is 0. The van der Waals surface area contributed by atoms with Crippen LogP contribution in [0.25, 0.3) is 0 Å². The van der Waals surface area contributed by atoms with Gasteiger partial charge in [0, 0.05) is 16.9 Å². The number of hydrogen-bond acceptors (Lipinski definition) is 3. The molecule has 1 aliphatic heterocycles. The summed E-state index contributed by atoms with van der Waals surface area (Å²) in [6.07, 6.45) is 21.1. The zero-order valence-electron chi connectivity index (χ0n) is 16.2. The molecule has 0 bridgehead atoms. The predicted octanol–water partition coefficient (Wildman–Crippen LogP) is 6.90. The molecule has 24 heavy (non-hydrogen) atoms. The fourth-order valence-electron chi connectivity index (χ4n) is 3.45. The van der Waals surface area contributed by atoms with Gasteiger partial charge in [0.25, 0.3) is 0 Å². The van der Waals surface area contributed by atoms with Gasteiger partial charge in [-0.2, -0.15) is 11.8 Å². The molecular formula is C21H40O2S. The van der Waals surface area contributed by atoms with E-state index in [2.05, 4.69) is 23.4 Å². The normalized spacial score (nSPS) is 19.4. The van der Waals surface area contributed by atoms with E-state index in [0.717, 1.165) is 16.9 Å². The Morgan fingerprint density at radius 2 is 1.21 bits per heavy atom. The van der Waals surface area contributed by atoms with Gasteiger partial charge in [0.05, 0.1) is 7.11 Å². The topological polar surface area (TPSA) is 26.3 Å². The zero-order chi connectivity index (χ0) is 17.5. The molecule has 0 aliphatic carbocycles. The van der Waals surface area contributed by atoms with Gasteiger partial charge in [-0.1, -0.05) is 84.0 Å². The highest BCUT2D eigenvalue weighted by atomic mass is 32.2. The van der Waals surface area contributed by atoms with Gasteiger partial charge in [0.2, 0.25) is 0 Å². The molecule has 0 saturated carbocycles. The lowest BCUT2D eigenvalue weighted by Crippen LogP contribution is -1.99. The molecule has 2 nitrogen and oxygen atoms in total. The van der Waals surface area contributed by atoms with E-state index in [-0.39, 0.29) is 5.97 Å². The first-order valence-corrected chi connectivity index (χ1v) is 11.4. The Bertz CT molecular complexity index is 306. The average Bonchev–Trinajstić information content (AvgIpc) is 3.36. The van der Waals surface area contributed by atoms with Gasteiger partial charge in [-0.25, -0.2) is 0 Å². The quantitative estimate of drug-likeness (QED) is 0.161. The smallest absolute Gasteiger partial charge is 0.305 e. The molecule has 0 aromatic heterocycles. The van der Waals surface area contributed by atoms with E-state index in [1.807, 2.05) is 0 Å². The minimum absolute atomic E-state index is 0.0633. The summed E-state index contributed by atoms with van der Waals surface area (Å²) in [4.78, 5) is 11.0. The van der Waals surface area contributed by atoms with Crippen molar-refractivity contribution in [3.63, 3.8) is 0 Å². The molecule has 0 spiro atoms. The Kier molecular flexibility index (Phi) is 13.8. The highest BCUT2D eigenvalue weighted by Crippen LogP contribution is 2.46. The van der Waals surface area contributed by atoms with Gasteiger partial charge < -0.3 is 4.74 Å². The van der Waals surface area contributed by atoms with Crippen molar-refractivity contribution in [2.24, 2.45) is 0 Å². The van der Waals surface area contributed by atoms with Gasteiger partial charge in [0.15, 0.2) is 0 Å². The van der Waals surface area contributed by atoms with Gasteiger partial charge in [-0.05, 0) is 19.3 Å². The van der Waals surface area contributed by atoms with E-state index in [0.29, 0.717) is 6.42 Å². The molecule has 1 saturated heterocycles. The molecular weight excluding hydrogens is 316 g/mol. The van der Waals surface area contributed by atoms with Crippen LogP contribution in [-0.4, -0.2) is 23.6 Å². The Hall–Kier alpha value is -0.180. The lowest BCUT2D eigenvalue weighted by atomic mass is 10.0. The first kappa shape index (κ1) is 21.9. The van der Waals surface area contributed by atoms with Crippen molar-refractivity contribution in [2.45, 2.75) is 120 Å². The van der Waals surface area contributed by atoms with Crippen molar-refractivity contribution in [3.05, 3.63) is 0 Å². The van der Waals surface area contributed by atoms with E-state index in [9.17, 15) is 4.79 Å². The summed E-state index contributed by atoms with van der Waals surface area (Å²) in [5, 5.41) is 2.04. The molecule has 0 radical (unpaired) electrons. The van der Waals surface area contributed by atoms with Crippen LogP contribution < -0.4 is 0 Å². The number of carbonyl (C=O) groups excluding carboxylic acids is 1. The van der Waals surface area contributed by atoms with Crippen molar-refractivity contribution in [1.82, 2.24) is 0 Å². The minimum atomic E-state index is -0.0633. The molecule has 2 atom stereocenters. The Balaban J connectivity index is 1.66. The molecule has 0 amide bonds. The van der Waals surface area contributed by atoms with Crippen LogP contribution in [-0.2, 0) is 9.53 Å². The third kappa shape index (κ3) is 12.2. The number of ether oxygens (including phenoxy) is 1. The van der Waals surface area contributed by atoms with Crippen molar-refractivity contribution in [3.8, 4) is 0 Å². The molecule has 0 aromatic rings. The molecule has 142 valence electrons. The third-order valence-corrected chi connectivity index (χ3v) is 6.80. The number of hydrogen-bond donors (Lipinski definition) is 0. The Morgan fingerprint density at radius 3 is 1.62 bits per heavy atom. The van der Waals surface area contributed by atoms with E-state index in [1.165, 1.54) is 97.0 Å². The van der Waals surface area contributed by atoms with Gasteiger partial charge in [-0.15, -0.1) is 0 Å². The van der Waals surface area contributed by atoms with E-state index >= 15 is 0 Å². The molecule has 0 aromatic carbocycles. The molecule has 2 unspecified atom stereocenters. The van der Waals surface area contributed by atoms with Gasteiger partial charge in [-0.3, -0.25) is 4.79 Å². The maximum absolute atomic E-state index is 11.0. The SMILES string of the molecule is CCC1SC1CCCCCCCCCCCCCCCC(=O)OC. The van der Waals surface area contributed by atoms with Crippen LogP contribution in [0.5, 0.6) is 0 Å². The summed E-state index contributed by atoms with van der Waals surface area (Å²) in [7, 11) is 1.47. The second-order valence-electron chi connectivity index (χ2n) is 7.33. The largest absolute Gasteiger partial charge is 0.469 e. The summed E-state index contributed by atoms with van der Waals surface area (Å²) in [5.74, 6) is -0.0633. The van der Waals surface area contributed by atoms with Crippen molar-refractivity contribution in [2.75, 3.05) is 7.11 Å². The minimum Gasteiger partial charge on any atom is -0.469 e. The highest BCUT2D eigenvalue weighted by molar-refractivity contribution is 8.07. The van der Waals surface area contributed by atoms with Gasteiger partial charge >= 0.3 is 5.97 Å². The van der Waals surface area contributed by atoms with Crippen LogP contribution in [0.15, 0.2) is 0 Å². The number of unbranched alkanes of at least 4 members (excludes halogenated alkanes) is 12. The summed E-state index contributed by atoms with van der Waals surface area (Å²) < 4.78 is 4.65. The molecule has 1 rings (SSSR count). The average molecular weight is 357 g/mol. The number of methoxy groups -OCH3 is 1. The maximum atomic E-state index is 11.0. The molecule has 1 fully saturated rings. The lowest BCUT2D eigenvalue weighted by Gasteiger charge is -2.03. The monoisotopic (exact) mass is 356 g/mol. The van der Waals surface area contributed by atoms with E-state index in [1.54, 1.807) is 0 Å². The molecule has 1 heterocycles. The van der Waals surface area contributed by atoms with Crippen LogP contribution in [0.1, 0.15) is 110 Å². The first-order valence-electron chi connectivity index (χ1n) is 10.5. The molecule has 0 N–H and O–H groups in total. The summed E-state index contributed by atoms with van der Waals surface area (Å²) in [5.41, 5.74) is 0. The third-order valence-electron chi connectivity index (χ3n) is 5.19. The number of esters is 1. The van der Waals surface area contributed by atoms with Gasteiger partial charge in [0.1, 0.15) is 0 Å².